The van der Waals surface area contributed by atoms with Gasteiger partial charge in [-0.1, -0.05) is 6.07 Å². The maximum atomic E-state index is 5.60. The first-order valence-corrected chi connectivity index (χ1v) is 8.15. The fourth-order valence-electron chi connectivity index (χ4n) is 2.40. The van der Waals surface area contributed by atoms with Crippen molar-refractivity contribution in [3.05, 3.63) is 33.8 Å². The van der Waals surface area contributed by atoms with Gasteiger partial charge in [-0.25, -0.2) is 15.8 Å². The summed E-state index contributed by atoms with van der Waals surface area (Å²) in [5.74, 6) is 8.77. The van der Waals surface area contributed by atoms with Crippen LogP contribution in [-0.4, -0.2) is 23.6 Å². The van der Waals surface area contributed by atoms with Crippen molar-refractivity contribution in [2.45, 2.75) is 32.1 Å². The molecule has 0 spiro atoms. The predicted octanol–water partition coefficient (Wildman–Crippen LogP) is 2.69. The van der Waals surface area contributed by atoms with Crippen LogP contribution >= 0.6 is 11.3 Å². The molecule has 112 valence electrons. The summed E-state index contributed by atoms with van der Waals surface area (Å²) in [6.45, 7) is 2.95. The maximum absolute atomic E-state index is 5.60. The number of anilines is 2. The lowest BCUT2D eigenvalue weighted by molar-refractivity contribution is 0.832. The van der Waals surface area contributed by atoms with Crippen LogP contribution in [0.1, 0.15) is 35.0 Å². The average molecular weight is 303 g/mol. The molecule has 1 fully saturated rings. The first-order valence-electron chi connectivity index (χ1n) is 7.27. The fourth-order valence-corrected chi connectivity index (χ4v) is 3.09. The molecule has 0 bridgehead atoms. The van der Waals surface area contributed by atoms with Gasteiger partial charge in [0.15, 0.2) is 0 Å². The van der Waals surface area contributed by atoms with E-state index in [1.807, 2.05) is 6.92 Å². The van der Waals surface area contributed by atoms with Crippen molar-refractivity contribution in [2.24, 2.45) is 5.84 Å². The molecule has 0 atom stereocenters. The number of nitrogens with two attached hydrogens (primary N) is 1. The zero-order chi connectivity index (χ0) is 14.8. The highest BCUT2D eigenvalue weighted by molar-refractivity contribution is 7.09. The number of hydrogen-bond donors (Lipinski definition) is 2. The van der Waals surface area contributed by atoms with E-state index in [0.29, 0.717) is 5.92 Å². The monoisotopic (exact) mass is 303 g/mol. The van der Waals surface area contributed by atoms with Gasteiger partial charge in [-0.05, 0) is 37.6 Å². The molecule has 0 radical (unpaired) electrons. The van der Waals surface area contributed by atoms with E-state index in [-0.39, 0.29) is 0 Å². The Morgan fingerprint density at radius 1 is 1.43 bits per heavy atom. The predicted molar refractivity (Wildman–Crippen MR) is 87.8 cm³/mol. The first-order chi connectivity index (χ1) is 10.2. The molecular weight excluding hydrogens is 282 g/mol. The van der Waals surface area contributed by atoms with E-state index in [1.165, 1.54) is 17.7 Å². The number of aromatic nitrogens is 2. The smallest absolute Gasteiger partial charge is 0.148 e. The highest BCUT2D eigenvalue weighted by atomic mass is 32.1. The molecule has 3 rings (SSSR count). The van der Waals surface area contributed by atoms with Crippen molar-refractivity contribution in [3.63, 3.8) is 0 Å². The van der Waals surface area contributed by atoms with Gasteiger partial charge >= 0.3 is 0 Å². The molecule has 0 unspecified atom stereocenters. The Balaban J connectivity index is 1.80. The van der Waals surface area contributed by atoms with Crippen LogP contribution in [0.15, 0.2) is 17.5 Å². The second kappa shape index (κ2) is 5.99. The van der Waals surface area contributed by atoms with E-state index in [2.05, 4.69) is 39.9 Å². The van der Waals surface area contributed by atoms with Crippen molar-refractivity contribution in [1.29, 1.82) is 0 Å². The summed E-state index contributed by atoms with van der Waals surface area (Å²) in [6, 6.07) is 4.27. The Bertz CT molecular complexity index is 607. The third-order valence-electron chi connectivity index (χ3n) is 3.85. The number of nitrogen functional groups attached to an aromatic ring is 1. The van der Waals surface area contributed by atoms with Crippen LogP contribution in [0.3, 0.4) is 0 Å². The summed E-state index contributed by atoms with van der Waals surface area (Å²) in [5, 5.41) is 2.12. The van der Waals surface area contributed by atoms with Crippen molar-refractivity contribution < 1.29 is 0 Å². The molecule has 21 heavy (non-hydrogen) atoms. The summed E-state index contributed by atoms with van der Waals surface area (Å²) in [7, 11) is 2.08. The Hall–Kier alpha value is -1.66. The van der Waals surface area contributed by atoms with Crippen LogP contribution in [0.2, 0.25) is 0 Å². The largest absolute Gasteiger partial charge is 0.359 e. The molecule has 0 aliphatic heterocycles. The molecule has 5 nitrogen and oxygen atoms in total. The van der Waals surface area contributed by atoms with Gasteiger partial charge in [-0.2, -0.15) is 0 Å². The molecule has 3 N–H and O–H groups in total. The SMILES string of the molecule is Cc1c(NN)nc(C2CC2)nc1N(C)CCc1cccs1. The Morgan fingerprint density at radius 2 is 2.24 bits per heavy atom. The molecule has 2 aromatic heterocycles. The summed E-state index contributed by atoms with van der Waals surface area (Å²) >= 11 is 1.80. The zero-order valence-corrected chi connectivity index (χ0v) is 13.3. The van der Waals surface area contributed by atoms with Gasteiger partial charge < -0.3 is 10.3 Å². The summed E-state index contributed by atoms with van der Waals surface area (Å²) in [6.07, 6.45) is 3.40. The van der Waals surface area contributed by atoms with Crippen LogP contribution in [0.5, 0.6) is 0 Å². The van der Waals surface area contributed by atoms with Gasteiger partial charge in [0.2, 0.25) is 0 Å². The minimum Gasteiger partial charge on any atom is -0.359 e. The maximum Gasteiger partial charge on any atom is 0.148 e. The van der Waals surface area contributed by atoms with Crippen molar-refractivity contribution in [2.75, 3.05) is 23.9 Å². The molecule has 0 aromatic carbocycles. The van der Waals surface area contributed by atoms with E-state index in [0.717, 1.165) is 36.0 Å². The molecule has 2 heterocycles. The molecule has 0 saturated heterocycles. The van der Waals surface area contributed by atoms with E-state index in [1.54, 1.807) is 11.3 Å². The normalized spacial score (nSPS) is 14.2. The number of likely N-dealkylation sites (N-methyl/N-ethyl adjacent to an activating group) is 1. The molecule has 0 amide bonds. The number of hydrazine groups is 1. The van der Waals surface area contributed by atoms with Gasteiger partial charge in [-0.3, -0.25) is 0 Å². The molecule has 1 aliphatic rings. The zero-order valence-electron chi connectivity index (χ0n) is 12.5. The number of rotatable bonds is 6. The standard InChI is InChI=1S/C15H21N5S/c1-10-13(19-16)17-14(11-5-6-11)18-15(10)20(2)8-7-12-4-3-9-21-12/h3-4,9,11H,5-8,16H2,1-2H3,(H,17,18,19). The Labute approximate surface area is 129 Å². The van der Waals surface area contributed by atoms with Crippen molar-refractivity contribution in [1.82, 2.24) is 9.97 Å². The number of thiophene rings is 1. The van der Waals surface area contributed by atoms with Crippen molar-refractivity contribution >= 4 is 23.0 Å². The summed E-state index contributed by atoms with van der Waals surface area (Å²) < 4.78 is 0. The van der Waals surface area contributed by atoms with Crippen molar-refractivity contribution in [3.8, 4) is 0 Å². The second-order valence-electron chi connectivity index (χ2n) is 5.55. The summed E-state index contributed by atoms with van der Waals surface area (Å²) in [5.41, 5.74) is 3.72. The van der Waals surface area contributed by atoms with Crippen LogP contribution in [-0.2, 0) is 6.42 Å². The van der Waals surface area contributed by atoms with Gasteiger partial charge in [0, 0.05) is 30.0 Å². The van der Waals surface area contributed by atoms with Crippen LogP contribution in [0.4, 0.5) is 11.6 Å². The Morgan fingerprint density at radius 3 is 2.86 bits per heavy atom. The number of nitrogens with zero attached hydrogens (tertiary/aromatic N) is 3. The highest BCUT2D eigenvalue weighted by Crippen LogP contribution is 2.39. The quantitative estimate of drug-likeness (QED) is 0.634. The van der Waals surface area contributed by atoms with E-state index in [9.17, 15) is 0 Å². The minimum absolute atomic E-state index is 0.516. The fraction of sp³-hybridized carbons (Fsp3) is 0.467. The molecule has 1 aliphatic carbocycles. The molecule has 1 saturated carbocycles. The van der Waals surface area contributed by atoms with E-state index >= 15 is 0 Å². The molecule has 2 aromatic rings. The van der Waals surface area contributed by atoms with Gasteiger partial charge in [0.25, 0.3) is 0 Å². The van der Waals surface area contributed by atoms with Gasteiger partial charge in [0.1, 0.15) is 17.5 Å². The van der Waals surface area contributed by atoms with Gasteiger partial charge in [0.05, 0.1) is 0 Å². The third-order valence-corrected chi connectivity index (χ3v) is 4.79. The van der Waals surface area contributed by atoms with Gasteiger partial charge in [-0.15, -0.1) is 11.3 Å². The number of nitrogens with one attached hydrogen (secondary N) is 1. The number of hydrogen-bond acceptors (Lipinski definition) is 6. The van der Waals surface area contributed by atoms with Crippen LogP contribution < -0.4 is 16.2 Å². The molecular formula is C15H21N5S. The Kier molecular flexibility index (Phi) is 4.07. The first kappa shape index (κ1) is 14.3. The third kappa shape index (κ3) is 3.16. The highest BCUT2D eigenvalue weighted by Gasteiger charge is 2.28. The van der Waals surface area contributed by atoms with E-state index in [4.69, 9.17) is 10.8 Å². The lowest BCUT2D eigenvalue weighted by Gasteiger charge is -2.22. The minimum atomic E-state index is 0.516. The van der Waals surface area contributed by atoms with Crippen LogP contribution in [0.25, 0.3) is 0 Å². The average Bonchev–Trinajstić information content (AvgIpc) is 3.21. The second-order valence-corrected chi connectivity index (χ2v) is 6.58. The molecule has 6 heteroatoms. The lowest BCUT2D eigenvalue weighted by atomic mass is 10.2. The lowest BCUT2D eigenvalue weighted by Crippen LogP contribution is -2.24. The summed E-state index contributed by atoms with van der Waals surface area (Å²) in [4.78, 5) is 12.9. The topological polar surface area (TPSA) is 67.1 Å². The van der Waals surface area contributed by atoms with E-state index < -0.39 is 0 Å². The van der Waals surface area contributed by atoms with Crippen LogP contribution in [0, 0.1) is 6.92 Å².